The predicted octanol–water partition coefficient (Wildman–Crippen LogP) is 3.40. The van der Waals surface area contributed by atoms with E-state index in [1.54, 1.807) is 13.8 Å². The van der Waals surface area contributed by atoms with E-state index in [1.807, 2.05) is 36.4 Å². The van der Waals surface area contributed by atoms with Crippen LogP contribution in [0.25, 0.3) is 11.1 Å². The molecule has 1 aliphatic carbocycles. The van der Waals surface area contributed by atoms with Crippen LogP contribution in [0.5, 0.6) is 0 Å². The molecule has 2 aliphatic rings. The largest absolute Gasteiger partial charge is 0.479 e. The number of alkyl carbamates (subject to hydrolysis) is 1. The van der Waals surface area contributed by atoms with E-state index in [-0.39, 0.29) is 38.6 Å². The lowest BCUT2D eigenvalue weighted by atomic mass is 9.91. The number of ether oxygens (including phenoxy) is 2. The monoisotopic (exact) mass is 466 g/mol. The van der Waals surface area contributed by atoms with Gasteiger partial charge in [-0.25, -0.2) is 9.59 Å². The average molecular weight is 467 g/mol. The van der Waals surface area contributed by atoms with Gasteiger partial charge >= 0.3 is 12.1 Å². The summed E-state index contributed by atoms with van der Waals surface area (Å²) in [5, 5.41) is 12.5. The molecule has 0 aromatic heterocycles. The van der Waals surface area contributed by atoms with Crippen LogP contribution in [0.4, 0.5) is 4.79 Å². The van der Waals surface area contributed by atoms with Crippen molar-refractivity contribution < 1.29 is 29.0 Å². The number of rotatable bonds is 7. The topological polar surface area (TPSA) is 105 Å². The van der Waals surface area contributed by atoms with Crippen LogP contribution in [0.15, 0.2) is 48.5 Å². The third-order valence-corrected chi connectivity index (χ3v) is 7.25. The molecule has 0 bridgehead atoms. The molecule has 8 nitrogen and oxygen atoms in total. The van der Waals surface area contributed by atoms with Gasteiger partial charge in [-0.05, 0) is 35.6 Å². The highest BCUT2D eigenvalue weighted by Crippen LogP contribution is 2.44. The van der Waals surface area contributed by atoms with Crippen molar-refractivity contribution in [3.8, 4) is 11.1 Å². The van der Waals surface area contributed by atoms with Gasteiger partial charge in [0.1, 0.15) is 12.1 Å². The molecule has 8 heteroatoms. The Kier molecular flexibility index (Phi) is 6.36. The summed E-state index contributed by atoms with van der Waals surface area (Å²) in [4.78, 5) is 39.3. The van der Waals surface area contributed by atoms with Gasteiger partial charge in [-0.3, -0.25) is 4.79 Å². The molecule has 34 heavy (non-hydrogen) atoms. The number of likely N-dealkylation sites (N-methyl/N-ethyl adjacent to an activating group) is 1. The molecule has 1 aliphatic heterocycles. The van der Waals surface area contributed by atoms with Crippen molar-refractivity contribution in [1.29, 1.82) is 0 Å². The smallest absolute Gasteiger partial charge is 0.408 e. The number of nitrogens with zero attached hydrogens (tertiary/aromatic N) is 1. The molecule has 1 fully saturated rings. The molecular weight excluding hydrogens is 436 g/mol. The first kappa shape index (κ1) is 23.8. The van der Waals surface area contributed by atoms with Gasteiger partial charge in [-0.15, -0.1) is 0 Å². The van der Waals surface area contributed by atoms with E-state index < -0.39 is 29.0 Å². The highest BCUT2D eigenvalue weighted by atomic mass is 16.5. The molecule has 0 radical (unpaired) electrons. The van der Waals surface area contributed by atoms with Crippen molar-refractivity contribution >= 4 is 18.0 Å². The summed E-state index contributed by atoms with van der Waals surface area (Å²) >= 11 is 0. The number of benzene rings is 2. The second kappa shape index (κ2) is 9.10. The average Bonchev–Trinajstić information content (AvgIpc) is 3.46. The number of amides is 2. The van der Waals surface area contributed by atoms with Crippen LogP contribution in [0.3, 0.4) is 0 Å². The van der Waals surface area contributed by atoms with Gasteiger partial charge in [0.05, 0.1) is 6.61 Å². The third kappa shape index (κ3) is 3.92. The fraction of sp³-hybridized carbons (Fsp3) is 0.423. The summed E-state index contributed by atoms with van der Waals surface area (Å²) < 4.78 is 10.9. The lowest BCUT2D eigenvalue weighted by Crippen LogP contribution is -2.64. The maximum absolute atomic E-state index is 13.4. The van der Waals surface area contributed by atoms with Gasteiger partial charge in [-0.1, -0.05) is 55.5 Å². The fourth-order valence-electron chi connectivity index (χ4n) is 4.85. The SMILES string of the molecule is CCC(C)(NC(=O)OCC1c2ccccc2-c2ccccc21)C(=O)N(C)C1(C(=O)O)CCOC1. The number of carbonyl (C=O) groups is 3. The Morgan fingerprint density at radius 2 is 1.74 bits per heavy atom. The van der Waals surface area contributed by atoms with Gasteiger partial charge in [0.25, 0.3) is 0 Å². The van der Waals surface area contributed by atoms with Gasteiger partial charge in [0, 0.05) is 26.0 Å². The number of aliphatic carboxylic acids is 1. The molecule has 1 heterocycles. The number of hydrogen-bond donors (Lipinski definition) is 2. The molecule has 2 unspecified atom stereocenters. The van der Waals surface area contributed by atoms with Crippen LogP contribution in [-0.4, -0.2) is 65.9 Å². The molecule has 2 amide bonds. The Labute approximate surface area is 198 Å². The zero-order valence-electron chi connectivity index (χ0n) is 19.7. The molecule has 180 valence electrons. The molecule has 2 aromatic carbocycles. The molecule has 2 N–H and O–H groups in total. The van der Waals surface area contributed by atoms with Gasteiger partial charge < -0.3 is 24.8 Å². The fourth-order valence-corrected chi connectivity index (χ4v) is 4.85. The number of carboxylic acid groups (broad SMARTS) is 1. The number of carbonyl (C=O) groups excluding carboxylic acids is 2. The van der Waals surface area contributed by atoms with E-state index in [0.717, 1.165) is 22.3 Å². The second-order valence-electron chi connectivity index (χ2n) is 9.14. The van der Waals surface area contributed by atoms with Crippen molar-refractivity contribution in [2.45, 2.75) is 43.7 Å². The van der Waals surface area contributed by atoms with Crippen molar-refractivity contribution in [1.82, 2.24) is 10.2 Å². The van der Waals surface area contributed by atoms with Crippen LogP contribution >= 0.6 is 0 Å². The predicted molar refractivity (Wildman–Crippen MR) is 125 cm³/mol. The molecular formula is C26H30N2O6. The quantitative estimate of drug-likeness (QED) is 0.648. The van der Waals surface area contributed by atoms with Crippen LogP contribution in [0.2, 0.25) is 0 Å². The van der Waals surface area contributed by atoms with Gasteiger partial charge in [0.15, 0.2) is 5.54 Å². The molecule has 2 atom stereocenters. The van der Waals surface area contributed by atoms with Crippen molar-refractivity contribution in [3.05, 3.63) is 59.7 Å². The Morgan fingerprint density at radius 3 is 2.24 bits per heavy atom. The van der Waals surface area contributed by atoms with E-state index in [4.69, 9.17) is 9.47 Å². The standard InChI is InChI=1S/C26H30N2O6/c1-4-25(2,22(29)28(3)26(23(30)31)13-14-33-16-26)27-24(32)34-15-21-19-11-7-5-9-17(19)18-10-6-8-12-20(18)21/h5-12,21H,4,13-16H2,1-3H3,(H,27,32)(H,30,31). The Hall–Kier alpha value is -3.39. The van der Waals surface area contributed by atoms with E-state index in [0.29, 0.717) is 0 Å². The number of fused-ring (bicyclic) bond motifs is 3. The van der Waals surface area contributed by atoms with Crippen molar-refractivity contribution in [3.63, 3.8) is 0 Å². The molecule has 4 rings (SSSR count). The van der Waals surface area contributed by atoms with E-state index in [2.05, 4.69) is 17.4 Å². The summed E-state index contributed by atoms with van der Waals surface area (Å²) in [6, 6.07) is 16.1. The lowest BCUT2D eigenvalue weighted by molar-refractivity contribution is -0.160. The summed E-state index contributed by atoms with van der Waals surface area (Å²) in [7, 11) is 1.44. The number of nitrogens with one attached hydrogen (secondary N) is 1. The number of carboxylic acids is 1. The van der Waals surface area contributed by atoms with Gasteiger partial charge in [-0.2, -0.15) is 0 Å². The summed E-state index contributed by atoms with van der Waals surface area (Å²) in [5.41, 5.74) is 1.66. The first-order valence-corrected chi connectivity index (χ1v) is 11.5. The van der Waals surface area contributed by atoms with Crippen molar-refractivity contribution in [2.24, 2.45) is 0 Å². The molecule has 2 aromatic rings. The van der Waals surface area contributed by atoms with E-state index >= 15 is 0 Å². The normalized spacial score (nSPS) is 20.7. The van der Waals surface area contributed by atoms with Crippen LogP contribution in [-0.2, 0) is 19.1 Å². The van der Waals surface area contributed by atoms with Crippen LogP contribution < -0.4 is 5.32 Å². The summed E-state index contributed by atoms with van der Waals surface area (Å²) in [6.45, 7) is 3.63. The molecule has 0 spiro atoms. The van der Waals surface area contributed by atoms with Crippen LogP contribution in [0, 0.1) is 0 Å². The maximum atomic E-state index is 13.4. The molecule has 1 saturated heterocycles. The minimum absolute atomic E-state index is 0.0880. The summed E-state index contributed by atoms with van der Waals surface area (Å²) in [6.07, 6.45) is -0.272. The first-order chi connectivity index (χ1) is 16.2. The third-order valence-electron chi connectivity index (χ3n) is 7.25. The van der Waals surface area contributed by atoms with E-state index in [9.17, 15) is 19.5 Å². The zero-order chi connectivity index (χ0) is 24.5. The maximum Gasteiger partial charge on any atom is 0.408 e. The Bertz CT molecular complexity index is 1060. The zero-order valence-corrected chi connectivity index (χ0v) is 19.7. The minimum Gasteiger partial charge on any atom is -0.479 e. The van der Waals surface area contributed by atoms with Gasteiger partial charge in [0.2, 0.25) is 5.91 Å². The Balaban J connectivity index is 1.47. The molecule has 0 saturated carbocycles. The minimum atomic E-state index is -1.45. The van der Waals surface area contributed by atoms with Crippen molar-refractivity contribution in [2.75, 3.05) is 26.9 Å². The lowest BCUT2D eigenvalue weighted by Gasteiger charge is -2.39. The highest BCUT2D eigenvalue weighted by molar-refractivity contribution is 5.94. The van der Waals surface area contributed by atoms with E-state index in [1.165, 1.54) is 11.9 Å². The first-order valence-electron chi connectivity index (χ1n) is 11.5. The van der Waals surface area contributed by atoms with Crippen LogP contribution in [0.1, 0.15) is 43.7 Å². The second-order valence-corrected chi connectivity index (χ2v) is 9.14. The summed E-state index contributed by atoms with van der Waals surface area (Å²) in [5.74, 6) is -1.73. The highest BCUT2D eigenvalue weighted by Gasteiger charge is 2.51. The Morgan fingerprint density at radius 1 is 1.15 bits per heavy atom. The number of hydrogen-bond acceptors (Lipinski definition) is 5.